The first-order chi connectivity index (χ1) is 2.83. The fraction of sp³-hybridized carbons (Fsp3) is 0.333. The van der Waals surface area contributed by atoms with Crippen LogP contribution in [0.3, 0.4) is 0 Å². The first-order valence-corrected chi connectivity index (χ1v) is 1.95. The molecule has 0 heterocycles. The smallest absolute Gasteiger partial charge is 0.0587 e. The van der Waals surface area contributed by atoms with Gasteiger partial charge in [0.05, 0.1) is 6.07 Å². The van der Waals surface area contributed by atoms with Gasteiger partial charge in [-0.3, -0.25) is 0 Å². The van der Waals surface area contributed by atoms with Crippen molar-refractivity contribution in [1.29, 1.82) is 5.26 Å². The van der Waals surface area contributed by atoms with Gasteiger partial charge in [-0.2, -0.15) is 5.26 Å². The zero-order chi connectivity index (χ0) is 5.41. The lowest BCUT2D eigenvalue weighted by Gasteiger charge is -1.15. The Balaban J connectivity index is 0. The topological polar surface area (TPSA) is 23.8 Å². The van der Waals surface area contributed by atoms with Gasteiger partial charge >= 0.3 is 0 Å². The molecule has 0 amide bonds. The second kappa shape index (κ2) is 22.2. The highest BCUT2D eigenvalue weighted by atomic mass is 32.1. The third kappa shape index (κ3) is 324. The maximum Gasteiger partial charge on any atom is 0.0587 e. The summed E-state index contributed by atoms with van der Waals surface area (Å²) < 4.78 is 1.92. The molecule has 0 aromatic heterocycles. The Labute approximate surface area is 47.6 Å². The van der Waals surface area contributed by atoms with Crippen molar-refractivity contribution in [2.45, 2.75) is 6.92 Å². The summed E-state index contributed by atoms with van der Waals surface area (Å²) in [6, 6.07) is 1.75. The molecule has 0 unspecified atom stereocenters. The summed E-state index contributed by atoms with van der Waals surface area (Å²) in [5.74, 6) is 0. The Hall–Kier alpha value is -0.290. The van der Waals surface area contributed by atoms with E-state index in [9.17, 15) is 0 Å². The van der Waals surface area contributed by atoms with Crippen molar-refractivity contribution in [3.63, 3.8) is 0 Å². The Morgan fingerprint density at radius 3 is 1.50 bits per heavy atom. The Kier molecular flexibility index (Phi) is 34.0. The van der Waals surface area contributed by atoms with Crippen LogP contribution in [-0.4, -0.2) is 4.31 Å². The Morgan fingerprint density at radius 2 is 1.50 bits per heavy atom. The molecule has 3 heteroatoms. The molecule has 0 aromatic carbocycles. The van der Waals surface area contributed by atoms with E-state index < -0.39 is 0 Å². The normalized spacial score (nSPS) is 2.67. The van der Waals surface area contributed by atoms with Crippen molar-refractivity contribution in [1.82, 2.24) is 0 Å². The summed E-state index contributed by atoms with van der Waals surface area (Å²) >= 11 is 7.92. The van der Waals surface area contributed by atoms with Gasteiger partial charge in [0.1, 0.15) is 0 Å². The summed E-state index contributed by atoms with van der Waals surface area (Å²) in [6.45, 7) is 1.43. The quantitative estimate of drug-likeness (QED) is 0.450. The monoisotopic (exact) mass is 117 g/mol. The molecule has 0 radical (unpaired) electrons. The van der Waals surface area contributed by atoms with Crippen LogP contribution in [0.5, 0.6) is 0 Å². The van der Waals surface area contributed by atoms with Crippen molar-refractivity contribution >= 4 is 28.7 Å². The standard InChI is InChI=1S/C2H3N.CS2/c1-2-3;2-1-3/h1H3;. The van der Waals surface area contributed by atoms with Gasteiger partial charge < -0.3 is 0 Å². The van der Waals surface area contributed by atoms with E-state index in [1.807, 2.05) is 4.31 Å². The van der Waals surface area contributed by atoms with Crippen LogP contribution >= 0.6 is 24.4 Å². The third-order valence-electron chi connectivity index (χ3n) is 0. The summed E-state index contributed by atoms with van der Waals surface area (Å²) in [5.41, 5.74) is 0. The number of thiocarbonyl (C=S) groups is 2. The van der Waals surface area contributed by atoms with E-state index >= 15 is 0 Å². The fourth-order valence-corrected chi connectivity index (χ4v) is 0. The Morgan fingerprint density at radius 1 is 1.50 bits per heavy atom. The van der Waals surface area contributed by atoms with Crippen LogP contribution in [0, 0.1) is 11.3 Å². The van der Waals surface area contributed by atoms with E-state index in [1.165, 1.54) is 6.92 Å². The second-order valence-electron chi connectivity index (χ2n) is 0.307. The van der Waals surface area contributed by atoms with Gasteiger partial charge in [-0.05, 0) is 24.4 Å². The highest BCUT2D eigenvalue weighted by Gasteiger charge is 1.17. The van der Waals surface area contributed by atoms with Crippen LogP contribution in [0.1, 0.15) is 6.92 Å². The third-order valence-corrected chi connectivity index (χ3v) is 0. The predicted molar refractivity (Wildman–Crippen MR) is 31.5 cm³/mol. The molecule has 0 spiro atoms. The first-order valence-electron chi connectivity index (χ1n) is 1.13. The largest absolute Gasteiger partial charge is 0.199 e. The lowest BCUT2D eigenvalue weighted by Crippen LogP contribution is -1.10. The maximum atomic E-state index is 7.32. The molecule has 0 saturated heterocycles. The zero-order valence-electron chi connectivity index (χ0n) is 3.26. The average Bonchev–Trinajstić information content (AvgIpc) is 1.39. The van der Waals surface area contributed by atoms with Crippen molar-refractivity contribution < 1.29 is 0 Å². The molecular weight excluding hydrogens is 114 g/mol. The van der Waals surface area contributed by atoms with E-state index in [2.05, 4.69) is 24.4 Å². The number of nitriles is 1. The predicted octanol–water partition coefficient (Wildman–Crippen LogP) is 1.55. The molecule has 6 heavy (non-hydrogen) atoms. The van der Waals surface area contributed by atoms with Crippen LogP contribution < -0.4 is 0 Å². The highest BCUT2D eigenvalue weighted by Crippen LogP contribution is 1.29. The van der Waals surface area contributed by atoms with Crippen LogP contribution in [0.25, 0.3) is 0 Å². The van der Waals surface area contributed by atoms with Gasteiger partial charge in [0.15, 0.2) is 0 Å². The molecular formula is C3H3NS2. The number of hydrogen-bond acceptors (Lipinski definition) is 3. The molecule has 0 N–H and O–H groups in total. The minimum atomic E-state index is 1.43. The van der Waals surface area contributed by atoms with Crippen molar-refractivity contribution in [3.05, 3.63) is 0 Å². The van der Waals surface area contributed by atoms with Crippen LogP contribution in [0.2, 0.25) is 0 Å². The molecule has 0 saturated carbocycles. The van der Waals surface area contributed by atoms with Gasteiger partial charge in [-0.25, -0.2) is 0 Å². The SMILES string of the molecule is CC#N.S=C=S. The molecule has 32 valence electrons. The minimum Gasteiger partial charge on any atom is -0.199 e. The van der Waals surface area contributed by atoms with E-state index in [0.717, 1.165) is 0 Å². The number of hydrogen-bond donors (Lipinski definition) is 0. The molecule has 0 aromatic rings. The number of nitrogens with zero attached hydrogens (tertiary/aromatic N) is 1. The van der Waals surface area contributed by atoms with E-state index in [1.54, 1.807) is 6.07 Å². The van der Waals surface area contributed by atoms with Gasteiger partial charge in [0.2, 0.25) is 0 Å². The van der Waals surface area contributed by atoms with Crippen molar-refractivity contribution in [2.24, 2.45) is 0 Å². The maximum absolute atomic E-state index is 7.32. The zero-order valence-corrected chi connectivity index (χ0v) is 4.90. The Bertz CT molecular complexity index is 75.3. The van der Waals surface area contributed by atoms with E-state index in [0.29, 0.717) is 0 Å². The number of rotatable bonds is 0. The van der Waals surface area contributed by atoms with Gasteiger partial charge in [0, 0.05) is 11.2 Å². The molecule has 0 aliphatic rings. The highest BCUT2D eigenvalue weighted by molar-refractivity contribution is 7.93. The molecule has 0 aliphatic carbocycles. The summed E-state index contributed by atoms with van der Waals surface area (Å²) in [7, 11) is 0. The molecule has 0 atom stereocenters. The van der Waals surface area contributed by atoms with Crippen LogP contribution in [-0.2, 0) is 0 Å². The van der Waals surface area contributed by atoms with Crippen molar-refractivity contribution in [2.75, 3.05) is 0 Å². The van der Waals surface area contributed by atoms with Gasteiger partial charge in [-0.1, -0.05) is 0 Å². The summed E-state index contributed by atoms with van der Waals surface area (Å²) in [6.07, 6.45) is 0. The minimum absolute atomic E-state index is 1.43. The molecule has 0 bridgehead atoms. The summed E-state index contributed by atoms with van der Waals surface area (Å²) in [4.78, 5) is 0. The van der Waals surface area contributed by atoms with Gasteiger partial charge in [-0.15, -0.1) is 0 Å². The fourth-order valence-electron chi connectivity index (χ4n) is 0. The molecule has 0 aliphatic heterocycles. The van der Waals surface area contributed by atoms with E-state index in [4.69, 9.17) is 5.26 Å². The van der Waals surface area contributed by atoms with Crippen LogP contribution in [0.4, 0.5) is 0 Å². The molecule has 0 rings (SSSR count). The van der Waals surface area contributed by atoms with E-state index in [-0.39, 0.29) is 0 Å². The van der Waals surface area contributed by atoms with Crippen molar-refractivity contribution in [3.8, 4) is 6.07 Å². The first kappa shape index (κ1) is 9.20. The summed E-state index contributed by atoms with van der Waals surface area (Å²) in [5, 5.41) is 7.32. The molecule has 1 nitrogen and oxygen atoms in total. The second-order valence-corrected chi connectivity index (χ2v) is 0.974. The van der Waals surface area contributed by atoms with Gasteiger partial charge in [0.25, 0.3) is 0 Å². The van der Waals surface area contributed by atoms with Crippen LogP contribution in [0.15, 0.2) is 0 Å². The lowest BCUT2D eigenvalue weighted by molar-refractivity contribution is 1.49. The molecule has 0 fully saturated rings. The average molecular weight is 117 g/mol. The lowest BCUT2D eigenvalue weighted by atomic mass is 11.0.